The standard InChI is InChI=1S/C13H8F3N3O3/c14-13(15,16)9-3-4-10(11(6-9)19(21)22)18-12(20)8-2-1-5-17-7-8/h1-7H,(H,18,20). The third-order valence-electron chi connectivity index (χ3n) is 2.69. The summed E-state index contributed by atoms with van der Waals surface area (Å²) in [5.74, 6) is -0.712. The van der Waals surface area contributed by atoms with Gasteiger partial charge in [-0.2, -0.15) is 13.2 Å². The Morgan fingerprint density at radius 3 is 2.55 bits per heavy atom. The molecular formula is C13H8F3N3O3. The zero-order valence-electron chi connectivity index (χ0n) is 10.8. The van der Waals surface area contributed by atoms with Crippen molar-refractivity contribution in [2.24, 2.45) is 0 Å². The number of halogens is 3. The molecule has 0 atom stereocenters. The molecule has 1 N–H and O–H groups in total. The van der Waals surface area contributed by atoms with Gasteiger partial charge in [-0.3, -0.25) is 19.9 Å². The van der Waals surface area contributed by atoms with E-state index in [-0.39, 0.29) is 11.3 Å². The summed E-state index contributed by atoms with van der Waals surface area (Å²) in [6, 6.07) is 4.77. The second-order valence-electron chi connectivity index (χ2n) is 4.18. The molecule has 0 aliphatic heterocycles. The van der Waals surface area contributed by atoms with Crippen molar-refractivity contribution in [3.8, 4) is 0 Å². The van der Waals surface area contributed by atoms with Gasteiger partial charge in [0.1, 0.15) is 5.69 Å². The molecule has 1 heterocycles. The summed E-state index contributed by atoms with van der Waals surface area (Å²) in [7, 11) is 0. The molecule has 0 saturated heterocycles. The summed E-state index contributed by atoms with van der Waals surface area (Å²) < 4.78 is 37.7. The van der Waals surface area contributed by atoms with E-state index >= 15 is 0 Å². The fraction of sp³-hybridized carbons (Fsp3) is 0.0769. The monoisotopic (exact) mass is 311 g/mol. The van der Waals surface area contributed by atoms with Crippen molar-refractivity contribution in [1.82, 2.24) is 4.98 Å². The Balaban J connectivity index is 2.35. The van der Waals surface area contributed by atoms with Gasteiger partial charge in [0, 0.05) is 18.5 Å². The van der Waals surface area contributed by atoms with Crippen LogP contribution in [-0.2, 0) is 6.18 Å². The fourth-order valence-corrected chi connectivity index (χ4v) is 1.66. The Morgan fingerprint density at radius 2 is 2.00 bits per heavy atom. The van der Waals surface area contributed by atoms with Crippen molar-refractivity contribution in [2.45, 2.75) is 6.18 Å². The number of alkyl halides is 3. The van der Waals surface area contributed by atoms with Crippen molar-refractivity contribution >= 4 is 17.3 Å². The maximum Gasteiger partial charge on any atom is 0.416 e. The van der Waals surface area contributed by atoms with Gasteiger partial charge < -0.3 is 5.32 Å². The predicted molar refractivity (Wildman–Crippen MR) is 70.3 cm³/mol. The van der Waals surface area contributed by atoms with Crippen LogP contribution in [0.5, 0.6) is 0 Å². The Hall–Kier alpha value is -2.97. The lowest BCUT2D eigenvalue weighted by atomic mass is 10.1. The molecule has 22 heavy (non-hydrogen) atoms. The van der Waals surface area contributed by atoms with Crippen LogP contribution >= 0.6 is 0 Å². The van der Waals surface area contributed by atoms with Crippen LogP contribution in [0.15, 0.2) is 42.7 Å². The number of nitro groups is 1. The molecule has 0 spiro atoms. The van der Waals surface area contributed by atoms with Crippen LogP contribution in [0.3, 0.4) is 0 Å². The van der Waals surface area contributed by atoms with Crippen LogP contribution < -0.4 is 5.32 Å². The zero-order valence-corrected chi connectivity index (χ0v) is 10.8. The highest BCUT2D eigenvalue weighted by molar-refractivity contribution is 6.05. The van der Waals surface area contributed by atoms with Crippen LogP contribution in [0.1, 0.15) is 15.9 Å². The molecule has 1 aromatic heterocycles. The lowest BCUT2D eigenvalue weighted by Crippen LogP contribution is -2.14. The molecule has 6 nitrogen and oxygen atoms in total. The summed E-state index contributed by atoms with van der Waals surface area (Å²) in [6.45, 7) is 0. The highest BCUT2D eigenvalue weighted by Gasteiger charge is 2.33. The lowest BCUT2D eigenvalue weighted by molar-refractivity contribution is -0.384. The Labute approximate surface area is 121 Å². The van der Waals surface area contributed by atoms with E-state index in [4.69, 9.17) is 0 Å². The number of pyridine rings is 1. The fourth-order valence-electron chi connectivity index (χ4n) is 1.66. The molecular weight excluding hydrogens is 303 g/mol. The number of rotatable bonds is 3. The van der Waals surface area contributed by atoms with Gasteiger partial charge in [-0.15, -0.1) is 0 Å². The highest BCUT2D eigenvalue weighted by atomic mass is 19.4. The minimum absolute atomic E-state index is 0.122. The number of amides is 1. The van der Waals surface area contributed by atoms with Crippen LogP contribution in [0.4, 0.5) is 24.5 Å². The lowest BCUT2D eigenvalue weighted by Gasteiger charge is -2.09. The number of hydrogen-bond acceptors (Lipinski definition) is 4. The minimum atomic E-state index is -4.71. The van der Waals surface area contributed by atoms with Gasteiger partial charge in [0.05, 0.1) is 16.1 Å². The van der Waals surface area contributed by atoms with Crippen LogP contribution in [0.2, 0.25) is 0 Å². The first-order valence-corrected chi connectivity index (χ1v) is 5.86. The Bertz CT molecular complexity index is 717. The van der Waals surface area contributed by atoms with E-state index in [1.807, 2.05) is 0 Å². The van der Waals surface area contributed by atoms with E-state index in [1.165, 1.54) is 24.5 Å². The first kappa shape index (κ1) is 15.4. The second kappa shape index (κ2) is 5.80. The maximum absolute atomic E-state index is 12.6. The smallest absolute Gasteiger partial charge is 0.316 e. The van der Waals surface area contributed by atoms with E-state index in [0.29, 0.717) is 12.1 Å². The van der Waals surface area contributed by atoms with Gasteiger partial charge in [-0.25, -0.2) is 0 Å². The summed E-state index contributed by atoms with van der Waals surface area (Å²) >= 11 is 0. The number of aromatic nitrogens is 1. The largest absolute Gasteiger partial charge is 0.416 e. The molecule has 0 saturated carbocycles. The van der Waals surface area contributed by atoms with Crippen molar-refractivity contribution in [3.63, 3.8) is 0 Å². The molecule has 9 heteroatoms. The van der Waals surface area contributed by atoms with Gasteiger partial charge in [0.2, 0.25) is 0 Å². The summed E-state index contributed by atoms with van der Waals surface area (Å²) in [6.07, 6.45) is -2.06. The van der Waals surface area contributed by atoms with Crippen molar-refractivity contribution in [1.29, 1.82) is 0 Å². The third kappa shape index (κ3) is 3.37. The normalized spacial score (nSPS) is 11.0. The maximum atomic E-state index is 12.6. The SMILES string of the molecule is O=C(Nc1ccc(C(F)(F)F)cc1[N+](=O)[O-])c1cccnc1. The van der Waals surface area contributed by atoms with Crippen molar-refractivity contribution in [2.75, 3.05) is 5.32 Å². The number of anilines is 1. The number of nitrogens with one attached hydrogen (secondary N) is 1. The molecule has 1 amide bonds. The zero-order chi connectivity index (χ0) is 16.3. The molecule has 1 aromatic carbocycles. The number of benzene rings is 1. The average molecular weight is 311 g/mol. The van der Waals surface area contributed by atoms with Gasteiger partial charge in [-0.05, 0) is 24.3 Å². The topological polar surface area (TPSA) is 85.1 Å². The van der Waals surface area contributed by atoms with Crippen molar-refractivity contribution in [3.05, 3.63) is 64.0 Å². The van der Waals surface area contributed by atoms with Gasteiger partial charge in [0.25, 0.3) is 11.6 Å². The number of nitrogens with zero attached hydrogens (tertiary/aromatic N) is 2. The molecule has 0 aliphatic rings. The van der Waals surface area contributed by atoms with E-state index in [9.17, 15) is 28.1 Å². The minimum Gasteiger partial charge on any atom is -0.316 e. The van der Waals surface area contributed by atoms with E-state index in [1.54, 1.807) is 0 Å². The molecule has 0 bridgehead atoms. The van der Waals surface area contributed by atoms with E-state index < -0.39 is 28.3 Å². The summed E-state index contributed by atoms with van der Waals surface area (Å²) in [5.41, 5.74) is -2.21. The van der Waals surface area contributed by atoms with Crippen molar-refractivity contribution < 1.29 is 22.9 Å². The Morgan fingerprint density at radius 1 is 1.27 bits per heavy atom. The molecule has 114 valence electrons. The van der Waals surface area contributed by atoms with E-state index in [0.717, 1.165) is 6.07 Å². The van der Waals surface area contributed by atoms with Gasteiger partial charge in [0.15, 0.2) is 0 Å². The number of nitro benzene ring substituents is 1. The highest BCUT2D eigenvalue weighted by Crippen LogP contribution is 2.35. The first-order valence-electron chi connectivity index (χ1n) is 5.86. The quantitative estimate of drug-likeness (QED) is 0.696. The van der Waals surface area contributed by atoms with Crippen LogP contribution in [-0.4, -0.2) is 15.8 Å². The summed E-state index contributed by atoms with van der Waals surface area (Å²) in [5, 5.41) is 13.1. The first-order chi connectivity index (χ1) is 10.3. The average Bonchev–Trinajstić information content (AvgIpc) is 2.47. The Kier molecular flexibility index (Phi) is 4.06. The number of carbonyl (C=O) groups excluding carboxylic acids is 1. The van der Waals surface area contributed by atoms with Crippen LogP contribution in [0, 0.1) is 10.1 Å². The number of hydrogen-bond donors (Lipinski definition) is 1. The predicted octanol–water partition coefficient (Wildman–Crippen LogP) is 3.26. The molecule has 2 aromatic rings. The number of carbonyl (C=O) groups is 1. The van der Waals surface area contributed by atoms with Crippen LogP contribution in [0.25, 0.3) is 0 Å². The molecule has 0 unspecified atom stereocenters. The van der Waals surface area contributed by atoms with E-state index in [2.05, 4.69) is 10.3 Å². The molecule has 2 rings (SSSR count). The second-order valence-corrected chi connectivity index (χ2v) is 4.18. The molecule has 0 fully saturated rings. The molecule has 0 radical (unpaired) electrons. The summed E-state index contributed by atoms with van der Waals surface area (Å²) in [4.78, 5) is 25.5. The third-order valence-corrected chi connectivity index (χ3v) is 2.69. The molecule has 0 aliphatic carbocycles. The van der Waals surface area contributed by atoms with Gasteiger partial charge >= 0.3 is 6.18 Å². The van der Waals surface area contributed by atoms with Gasteiger partial charge in [-0.1, -0.05) is 0 Å².